The standard InChI is InChI=1S/C18H18N4O4S/c1-11-3-6-13(7-4-11)20-18(23)15-10-14(21-22-15)12-5-8-16(26-2)17(9-12)27(19,24)25/h3-10H,1-2H3,(H,20,23)(H,21,22)(H2,19,24,25). The van der Waals surface area contributed by atoms with Crippen LogP contribution in [0.15, 0.2) is 53.4 Å². The van der Waals surface area contributed by atoms with Crippen LogP contribution in [0.3, 0.4) is 0 Å². The number of rotatable bonds is 5. The van der Waals surface area contributed by atoms with Gasteiger partial charge in [0, 0.05) is 11.3 Å². The predicted molar refractivity (Wildman–Crippen MR) is 101 cm³/mol. The summed E-state index contributed by atoms with van der Waals surface area (Å²) in [6.45, 7) is 1.96. The van der Waals surface area contributed by atoms with Crippen LogP contribution in [0.25, 0.3) is 11.3 Å². The average Bonchev–Trinajstić information content (AvgIpc) is 3.12. The molecular weight excluding hydrogens is 368 g/mol. The highest BCUT2D eigenvalue weighted by Crippen LogP contribution is 2.28. The second-order valence-electron chi connectivity index (χ2n) is 5.90. The smallest absolute Gasteiger partial charge is 0.273 e. The number of nitrogens with two attached hydrogens (primary N) is 1. The summed E-state index contributed by atoms with van der Waals surface area (Å²) in [6, 6.07) is 13.4. The number of amides is 1. The van der Waals surface area contributed by atoms with Gasteiger partial charge in [0.1, 0.15) is 16.3 Å². The third kappa shape index (κ3) is 4.15. The Kier molecular flexibility index (Phi) is 4.98. The number of H-pyrrole nitrogens is 1. The highest BCUT2D eigenvalue weighted by atomic mass is 32.2. The number of nitrogens with zero attached hydrogens (tertiary/aromatic N) is 1. The molecule has 0 saturated heterocycles. The number of aryl methyl sites for hydroxylation is 1. The van der Waals surface area contributed by atoms with E-state index in [0.717, 1.165) is 5.56 Å². The number of aromatic nitrogens is 2. The molecule has 3 rings (SSSR count). The van der Waals surface area contributed by atoms with Crippen molar-refractivity contribution in [2.24, 2.45) is 5.14 Å². The predicted octanol–water partition coefficient (Wildman–Crippen LogP) is 2.29. The molecule has 1 amide bonds. The van der Waals surface area contributed by atoms with E-state index in [2.05, 4.69) is 15.5 Å². The van der Waals surface area contributed by atoms with E-state index < -0.39 is 10.0 Å². The molecule has 0 aliphatic heterocycles. The second-order valence-corrected chi connectivity index (χ2v) is 7.43. The van der Waals surface area contributed by atoms with Gasteiger partial charge in [0.25, 0.3) is 5.91 Å². The van der Waals surface area contributed by atoms with Gasteiger partial charge in [0.05, 0.1) is 12.8 Å². The maximum atomic E-state index is 12.4. The lowest BCUT2D eigenvalue weighted by Crippen LogP contribution is -2.13. The lowest BCUT2D eigenvalue weighted by Gasteiger charge is -2.07. The van der Waals surface area contributed by atoms with Gasteiger partial charge in [0.15, 0.2) is 0 Å². The number of hydrogen-bond acceptors (Lipinski definition) is 5. The molecule has 0 radical (unpaired) electrons. The Labute approximate surface area is 156 Å². The van der Waals surface area contributed by atoms with Crippen LogP contribution in [-0.4, -0.2) is 31.6 Å². The Balaban J connectivity index is 1.87. The quantitative estimate of drug-likeness (QED) is 0.620. The van der Waals surface area contributed by atoms with Crippen LogP contribution < -0.4 is 15.2 Å². The van der Waals surface area contributed by atoms with Gasteiger partial charge in [-0.15, -0.1) is 0 Å². The Hall–Kier alpha value is -3.17. The zero-order valence-electron chi connectivity index (χ0n) is 14.7. The van der Waals surface area contributed by atoms with Gasteiger partial charge in [-0.3, -0.25) is 9.89 Å². The fraction of sp³-hybridized carbons (Fsp3) is 0.111. The van der Waals surface area contributed by atoms with Crippen LogP contribution in [0.2, 0.25) is 0 Å². The zero-order valence-corrected chi connectivity index (χ0v) is 15.5. The first-order valence-electron chi connectivity index (χ1n) is 7.92. The summed E-state index contributed by atoms with van der Waals surface area (Å²) >= 11 is 0. The minimum Gasteiger partial charge on any atom is -0.495 e. The highest BCUT2D eigenvalue weighted by molar-refractivity contribution is 7.89. The van der Waals surface area contributed by atoms with Gasteiger partial charge in [-0.25, -0.2) is 13.6 Å². The molecule has 0 spiro atoms. The number of carbonyl (C=O) groups is 1. The van der Waals surface area contributed by atoms with E-state index >= 15 is 0 Å². The van der Waals surface area contributed by atoms with Crippen molar-refractivity contribution in [2.75, 3.05) is 12.4 Å². The average molecular weight is 386 g/mol. The van der Waals surface area contributed by atoms with Crippen molar-refractivity contribution >= 4 is 21.6 Å². The van der Waals surface area contributed by atoms with Crippen molar-refractivity contribution in [1.29, 1.82) is 0 Å². The third-order valence-corrected chi connectivity index (χ3v) is 4.83. The third-order valence-electron chi connectivity index (χ3n) is 3.90. The van der Waals surface area contributed by atoms with E-state index in [1.807, 2.05) is 19.1 Å². The van der Waals surface area contributed by atoms with Gasteiger partial charge in [-0.2, -0.15) is 5.10 Å². The summed E-state index contributed by atoms with van der Waals surface area (Å²) in [6.07, 6.45) is 0. The molecule has 0 aliphatic carbocycles. The number of nitrogens with one attached hydrogen (secondary N) is 2. The fourth-order valence-electron chi connectivity index (χ4n) is 2.48. The van der Waals surface area contributed by atoms with E-state index in [-0.39, 0.29) is 22.2 Å². The van der Waals surface area contributed by atoms with Gasteiger partial charge < -0.3 is 10.1 Å². The Bertz CT molecular complexity index is 1090. The monoisotopic (exact) mass is 386 g/mol. The fourth-order valence-corrected chi connectivity index (χ4v) is 3.20. The minimum absolute atomic E-state index is 0.133. The molecule has 4 N–H and O–H groups in total. The normalized spacial score (nSPS) is 11.2. The molecule has 1 aromatic heterocycles. The van der Waals surface area contributed by atoms with E-state index in [1.165, 1.54) is 25.3 Å². The van der Waals surface area contributed by atoms with Crippen molar-refractivity contribution in [2.45, 2.75) is 11.8 Å². The van der Waals surface area contributed by atoms with Crippen molar-refractivity contribution in [3.05, 3.63) is 59.8 Å². The first kappa shape index (κ1) is 18.6. The van der Waals surface area contributed by atoms with Crippen molar-refractivity contribution in [3.63, 3.8) is 0 Å². The zero-order chi connectivity index (χ0) is 19.6. The first-order chi connectivity index (χ1) is 12.8. The number of aromatic amines is 1. The second kappa shape index (κ2) is 7.22. The summed E-state index contributed by atoms with van der Waals surface area (Å²) in [5, 5.41) is 14.7. The number of carbonyl (C=O) groups excluding carboxylic acids is 1. The number of sulfonamides is 1. The maximum Gasteiger partial charge on any atom is 0.273 e. The molecule has 3 aromatic rings. The van der Waals surface area contributed by atoms with Crippen LogP contribution in [0, 0.1) is 6.92 Å². The molecule has 0 fully saturated rings. The van der Waals surface area contributed by atoms with Gasteiger partial charge in [0.2, 0.25) is 10.0 Å². The van der Waals surface area contributed by atoms with Crippen LogP contribution in [0.5, 0.6) is 5.75 Å². The lowest BCUT2D eigenvalue weighted by atomic mass is 10.1. The van der Waals surface area contributed by atoms with E-state index in [0.29, 0.717) is 16.9 Å². The molecule has 0 unspecified atom stereocenters. The molecule has 27 heavy (non-hydrogen) atoms. The maximum absolute atomic E-state index is 12.4. The lowest BCUT2D eigenvalue weighted by molar-refractivity contribution is 0.102. The van der Waals surface area contributed by atoms with Crippen LogP contribution in [-0.2, 0) is 10.0 Å². The van der Waals surface area contributed by atoms with Crippen LogP contribution in [0.4, 0.5) is 5.69 Å². The molecule has 8 nitrogen and oxygen atoms in total. The number of methoxy groups -OCH3 is 1. The summed E-state index contributed by atoms with van der Waals surface area (Å²) in [4.78, 5) is 12.2. The molecule has 2 aromatic carbocycles. The summed E-state index contributed by atoms with van der Waals surface area (Å²) in [5.41, 5.74) is 2.85. The van der Waals surface area contributed by atoms with Crippen LogP contribution in [0.1, 0.15) is 16.1 Å². The molecule has 140 valence electrons. The van der Waals surface area contributed by atoms with Crippen molar-refractivity contribution in [3.8, 4) is 17.0 Å². The molecule has 0 saturated carbocycles. The summed E-state index contributed by atoms with van der Waals surface area (Å²) in [7, 11) is -2.62. The highest BCUT2D eigenvalue weighted by Gasteiger charge is 2.18. The van der Waals surface area contributed by atoms with E-state index in [4.69, 9.17) is 9.88 Å². The summed E-state index contributed by atoms with van der Waals surface area (Å²) < 4.78 is 28.5. The Morgan fingerprint density at radius 2 is 1.85 bits per heavy atom. The first-order valence-corrected chi connectivity index (χ1v) is 9.47. The molecule has 0 atom stereocenters. The minimum atomic E-state index is -3.97. The molecule has 9 heteroatoms. The van der Waals surface area contributed by atoms with Crippen molar-refractivity contribution < 1.29 is 17.9 Å². The molecule has 0 bridgehead atoms. The van der Waals surface area contributed by atoms with E-state index in [9.17, 15) is 13.2 Å². The number of primary sulfonamides is 1. The largest absolute Gasteiger partial charge is 0.495 e. The van der Waals surface area contributed by atoms with Crippen LogP contribution >= 0.6 is 0 Å². The number of benzene rings is 2. The Morgan fingerprint density at radius 1 is 1.15 bits per heavy atom. The molecular formula is C18H18N4O4S. The van der Waals surface area contributed by atoms with Gasteiger partial charge in [-0.05, 0) is 43.3 Å². The van der Waals surface area contributed by atoms with Crippen molar-refractivity contribution in [1.82, 2.24) is 10.2 Å². The summed E-state index contributed by atoms with van der Waals surface area (Å²) in [5.74, 6) is -0.230. The molecule has 1 heterocycles. The number of ether oxygens (including phenoxy) is 1. The van der Waals surface area contributed by atoms with E-state index in [1.54, 1.807) is 18.2 Å². The molecule has 0 aliphatic rings. The topological polar surface area (TPSA) is 127 Å². The number of anilines is 1. The van der Waals surface area contributed by atoms with Gasteiger partial charge >= 0.3 is 0 Å². The SMILES string of the molecule is COc1ccc(-c2cc(C(=O)Nc3ccc(C)cc3)[nH]n2)cc1S(N)(=O)=O. The van der Waals surface area contributed by atoms with Gasteiger partial charge in [-0.1, -0.05) is 17.7 Å². The number of hydrogen-bond donors (Lipinski definition) is 3. The Morgan fingerprint density at radius 3 is 2.48 bits per heavy atom.